The van der Waals surface area contributed by atoms with Crippen LogP contribution in [0.1, 0.15) is 23.2 Å². The first-order chi connectivity index (χ1) is 9.86. The molecule has 1 heterocycles. The Morgan fingerprint density at radius 1 is 1.43 bits per heavy atom. The van der Waals surface area contributed by atoms with E-state index in [1.807, 2.05) is 0 Å². The normalized spacial score (nSPS) is 20.4. The van der Waals surface area contributed by atoms with E-state index in [1.165, 1.54) is 4.31 Å². The summed E-state index contributed by atoms with van der Waals surface area (Å²) in [5, 5.41) is 18.0. The van der Waals surface area contributed by atoms with Crippen LogP contribution in [-0.4, -0.2) is 48.6 Å². The topological polar surface area (TPSA) is 94.9 Å². The minimum Gasteiger partial charge on any atom is -0.478 e. The summed E-state index contributed by atoms with van der Waals surface area (Å²) in [4.78, 5) is 10.6. The maximum absolute atomic E-state index is 13.3. The monoisotopic (exact) mass is 317 g/mol. The third-order valence-electron chi connectivity index (χ3n) is 3.55. The Balaban J connectivity index is 2.35. The van der Waals surface area contributed by atoms with Gasteiger partial charge in [-0.25, -0.2) is 17.6 Å². The lowest BCUT2D eigenvalue weighted by Crippen LogP contribution is -2.40. The Bertz CT molecular complexity index is 646. The van der Waals surface area contributed by atoms with Gasteiger partial charge in [0.25, 0.3) is 0 Å². The summed E-state index contributed by atoms with van der Waals surface area (Å²) in [5.74, 6) is -2.63. The van der Waals surface area contributed by atoms with Crippen molar-refractivity contribution in [2.75, 3.05) is 19.7 Å². The van der Waals surface area contributed by atoms with Crippen molar-refractivity contribution in [3.05, 3.63) is 29.6 Å². The summed E-state index contributed by atoms with van der Waals surface area (Å²) in [6.45, 7) is 0.382. The maximum Gasteiger partial charge on any atom is 0.338 e. The van der Waals surface area contributed by atoms with Crippen molar-refractivity contribution >= 4 is 16.0 Å². The first kappa shape index (κ1) is 15.9. The first-order valence-electron chi connectivity index (χ1n) is 6.50. The van der Waals surface area contributed by atoms with Crippen LogP contribution in [0, 0.1) is 11.7 Å². The molecule has 8 heteroatoms. The average Bonchev–Trinajstić information content (AvgIpc) is 2.47. The minimum absolute atomic E-state index is 0.101. The van der Waals surface area contributed by atoms with E-state index in [2.05, 4.69) is 0 Å². The number of hydrogen-bond donors (Lipinski definition) is 2. The van der Waals surface area contributed by atoms with Crippen LogP contribution < -0.4 is 0 Å². The molecule has 1 fully saturated rings. The van der Waals surface area contributed by atoms with Crippen LogP contribution in [0.15, 0.2) is 23.1 Å². The molecule has 2 N–H and O–H groups in total. The summed E-state index contributed by atoms with van der Waals surface area (Å²) >= 11 is 0. The molecule has 1 unspecified atom stereocenters. The minimum atomic E-state index is -3.89. The van der Waals surface area contributed by atoms with Gasteiger partial charge < -0.3 is 10.2 Å². The number of aliphatic hydroxyl groups is 1. The number of carboxylic acid groups (broad SMARTS) is 1. The molecule has 1 atom stereocenters. The third kappa shape index (κ3) is 3.22. The number of hydrogen-bond acceptors (Lipinski definition) is 4. The standard InChI is InChI=1S/C13H16FNO5S/c14-12-4-3-10(6-11(12)13(17)18)21(19,20)15-5-1-2-9(7-15)8-16/h3-4,6,9,16H,1-2,5,7-8H2,(H,17,18). The molecule has 0 radical (unpaired) electrons. The van der Waals surface area contributed by atoms with Crippen LogP contribution in [-0.2, 0) is 10.0 Å². The third-order valence-corrected chi connectivity index (χ3v) is 5.41. The molecule has 2 rings (SSSR count). The van der Waals surface area contributed by atoms with Crippen molar-refractivity contribution in [1.82, 2.24) is 4.31 Å². The Labute approximate surface area is 121 Å². The van der Waals surface area contributed by atoms with Gasteiger partial charge in [0.1, 0.15) is 5.82 Å². The molecular weight excluding hydrogens is 301 g/mol. The van der Waals surface area contributed by atoms with E-state index in [1.54, 1.807) is 0 Å². The van der Waals surface area contributed by atoms with Crippen LogP contribution in [0.25, 0.3) is 0 Å². The highest BCUT2D eigenvalue weighted by atomic mass is 32.2. The van der Waals surface area contributed by atoms with Crippen molar-refractivity contribution in [1.29, 1.82) is 0 Å². The molecule has 0 aromatic heterocycles. The van der Waals surface area contributed by atoms with Crippen molar-refractivity contribution < 1.29 is 27.8 Å². The number of aliphatic hydroxyl groups excluding tert-OH is 1. The quantitative estimate of drug-likeness (QED) is 0.861. The first-order valence-corrected chi connectivity index (χ1v) is 7.94. The van der Waals surface area contributed by atoms with E-state index in [9.17, 15) is 17.6 Å². The van der Waals surface area contributed by atoms with Gasteiger partial charge in [-0.1, -0.05) is 0 Å². The number of sulfonamides is 1. The van der Waals surface area contributed by atoms with Gasteiger partial charge in [-0.3, -0.25) is 0 Å². The predicted octanol–water partition coefficient (Wildman–Crippen LogP) is 0.917. The molecule has 0 amide bonds. The van der Waals surface area contributed by atoms with Crippen LogP contribution in [0.5, 0.6) is 0 Å². The summed E-state index contributed by atoms with van der Waals surface area (Å²) in [6.07, 6.45) is 1.36. The fourth-order valence-electron chi connectivity index (χ4n) is 2.37. The molecule has 0 spiro atoms. The van der Waals surface area contributed by atoms with E-state index >= 15 is 0 Å². The van der Waals surface area contributed by atoms with E-state index in [-0.39, 0.29) is 24.0 Å². The highest BCUT2D eigenvalue weighted by molar-refractivity contribution is 7.89. The zero-order valence-electron chi connectivity index (χ0n) is 11.2. The number of carbonyl (C=O) groups is 1. The molecule has 6 nitrogen and oxygen atoms in total. The lowest BCUT2D eigenvalue weighted by atomic mass is 10.0. The zero-order chi connectivity index (χ0) is 15.6. The van der Waals surface area contributed by atoms with Crippen LogP contribution in [0.3, 0.4) is 0 Å². The molecule has 1 saturated heterocycles. The number of halogens is 1. The zero-order valence-corrected chi connectivity index (χ0v) is 12.0. The highest BCUT2D eigenvalue weighted by Gasteiger charge is 2.30. The van der Waals surface area contributed by atoms with Crippen molar-refractivity contribution in [2.24, 2.45) is 5.92 Å². The van der Waals surface area contributed by atoms with Crippen LogP contribution in [0.4, 0.5) is 4.39 Å². The lowest BCUT2D eigenvalue weighted by Gasteiger charge is -2.31. The molecule has 0 aliphatic carbocycles. The van der Waals surface area contributed by atoms with E-state index in [0.717, 1.165) is 24.6 Å². The van der Waals surface area contributed by atoms with Gasteiger partial charge in [0.05, 0.1) is 10.5 Å². The van der Waals surface area contributed by atoms with Gasteiger partial charge in [0.15, 0.2) is 0 Å². The van der Waals surface area contributed by atoms with Crippen LogP contribution >= 0.6 is 0 Å². The molecule has 21 heavy (non-hydrogen) atoms. The van der Waals surface area contributed by atoms with E-state index < -0.39 is 27.4 Å². The SMILES string of the molecule is O=C(O)c1cc(S(=O)(=O)N2CCCC(CO)C2)ccc1F. The van der Waals surface area contributed by atoms with E-state index in [4.69, 9.17) is 10.2 Å². The fourth-order valence-corrected chi connectivity index (χ4v) is 3.95. The average molecular weight is 317 g/mol. The maximum atomic E-state index is 13.3. The highest BCUT2D eigenvalue weighted by Crippen LogP contribution is 2.24. The number of carboxylic acids is 1. The van der Waals surface area contributed by atoms with Crippen molar-refractivity contribution in [2.45, 2.75) is 17.7 Å². The van der Waals surface area contributed by atoms with Gasteiger partial charge in [0, 0.05) is 19.7 Å². The second-order valence-corrected chi connectivity index (χ2v) is 6.94. The van der Waals surface area contributed by atoms with Gasteiger partial charge in [-0.15, -0.1) is 0 Å². The molecule has 1 aromatic carbocycles. The fraction of sp³-hybridized carbons (Fsp3) is 0.462. The summed E-state index contributed by atoms with van der Waals surface area (Å²) in [7, 11) is -3.89. The number of aromatic carboxylic acids is 1. The molecule has 1 aliphatic rings. The lowest BCUT2D eigenvalue weighted by molar-refractivity contribution is 0.0691. The molecular formula is C13H16FNO5S. The smallest absolute Gasteiger partial charge is 0.338 e. The molecule has 1 aliphatic heterocycles. The Hall–Kier alpha value is -1.51. The number of rotatable bonds is 4. The summed E-state index contributed by atoms with van der Waals surface area (Å²) < 4.78 is 39.5. The van der Waals surface area contributed by atoms with Crippen molar-refractivity contribution in [3.63, 3.8) is 0 Å². The van der Waals surface area contributed by atoms with Gasteiger partial charge in [0.2, 0.25) is 10.0 Å². The molecule has 1 aromatic rings. The van der Waals surface area contributed by atoms with E-state index in [0.29, 0.717) is 13.0 Å². The van der Waals surface area contributed by atoms with Gasteiger partial charge >= 0.3 is 5.97 Å². The number of benzene rings is 1. The van der Waals surface area contributed by atoms with Crippen LogP contribution in [0.2, 0.25) is 0 Å². The molecule has 0 bridgehead atoms. The number of piperidine rings is 1. The summed E-state index contributed by atoms with van der Waals surface area (Å²) in [5.41, 5.74) is -0.674. The Morgan fingerprint density at radius 3 is 2.76 bits per heavy atom. The molecule has 116 valence electrons. The Kier molecular flexibility index (Phi) is 4.60. The van der Waals surface area contributed by atoms with Crippen molar-refractivity contribution in [3.8, 4) is 0 Å². The number of nitrogens with zero attached hydrogens (tertiary/aromatic N) is 1. The Morgan fingerprint density at radius 2 is 2.14 bits per heavy atom. The molecule has 0 saturated carbocycles. The van der Waals surface area contributed by atoms with Gasteiger partial charge in [-0.05, 0) is 37.0 Å². The second kappa shape index (κ2) is 6.08. The predicted molar refractivity (Wildman–Crippen MR) is 71.9 cm³/mol. The summed E-state index contributed by atoms with van der Waals surface area (Å²) in [6, 6.07) is 2.72. The second-order valence-electron chi connectivity index (χ2n) is 5.00. The largest absolute Gasteiger partial charge is 0.478 e. The van der Waals surface area contributed by atoms with Gasteiger partial charge in [-0.2, -0.15) is 4.31 Å².